The van der Waals surface area contributed by atoms with Gasteiger partial charge in [-0.25, -0.2) is 0 Å². The number of hydrogen-bond acceptors (Lipinski definition) is 3. The zero-order chi connectivity index (χ0) is 10.5. The maximum Gasteiger partial charge on any atom is 0.0107 e. The summed E-state index contributed by atoms with van der Waals surface area (Å²) in [7, 11) is 0. The van der Waals surface area contributed by atoms with Crippen molar-refractivity contribution < 1.29 is 0 Å². The molecule has 0 aromatic rings. The van der Waals surface area contributed by atoms with Crippen molar-refractivity contribution in [2.45, 2.75) is 32.2 Å². The van der Waals surface area contributed by atoms with Gasteiger partial charge in [-0.2, -0.15) is 0 Å². The van der Waals surface area contributed by atoms with Crippen LogP contribution in [0.3, 0.4) is 0 Å². The molecule has 0 saturated carbocycles. The molecule has 2 fully saturated rings. The Labute approximate surface area is 93.6 Å². The van der Waals surface area contributed by atoms with Gasteiger partial charge in [0.1, 0.15) is 0 Å². The molecule has 0 aromatic carbocycles. The van der Waals surface area contributed by atoms with Gasteiger partial charge < -0.3 is 15.5 Å². The van der Waals surface area contributed by atoms with E-state index in [0.29, 0.717) is 0 Å². The Bertz CT molecular complexity index is 178. The number of piperazine rings is 1. The minimum Gasteiger partial charge on any atom is -0.314 e. The van der Waals surface area contributed by atoms with Crippen LogP contribution in [0.15, 0.2) is 0 Å². The summed E-state index contributed by atoms with van der Waals surface area (Å²) >= 11 is 0. The Morgan fingerprint density at radius 2 is 2.00 bits per heavy atom. The van der Waals surface area contributed by atoms with Crippen LogP contribution in [-0.2, 0) is 0 Å². The van der Waals surface area contributed by atoms with Crippen LogP contribution in [0.1, 0.15) is 26.2 Å². The molecular formula is C12H25N3. The summed E-state index contributed by atoms with van der Waals surface area (Å²) < 4.78 is 0. The van der Waals surface area contributed by atoms with Crippen LogP contribution in [0.2, 0.25) is 0 Å². The van der Waals surface area contributed by atoms with E-state index in [1.807, 2.05) is 0 Å². The predicted octanol–water partition coefficient (Wildman–Crippen LogP) is 0.670. The van der Waals surface area contributed by atoms with Crippen LogP contribution in [0, 0.1) is 5.92 Å². The van der Waals surface area contributed by atoms with E-state index in [9.17, 15) is 0 Å². The molecule has 15 heavy (non-hydrogen) atoms. The number of nitrogens with zero attached hydrogens (tertiary/aromatic N) is 1. The van der Waals surface area contributed by atoms with Crippen LogP contribution in [0.4, 0.5) is 0 Å². The van der Waals surface area contributed by atoms with Crippen molar-refractivity contribution in [2.24, 2.45) is 5.92 Å². The SMILES string of the molecule is CC[C@@H]1NCCC[C@H]1CN1CCNCC1. The molecule has 3 nitrogen and oxygen atoms in total. The molecule has 2 N–H and O–H groups in total. The van der Waals surface area contributed by atoms with E-state index >= 15 is 0 Å². The van der Waals surface area contributed by atoms with Crippen LogP contribution in [-0.4, -0.2) is 50.2 Å². The molecule has 0 aliphatic carbocycles. The number of piperidine rings is 1. The van der Waals surface area contributed by atoms with Crippen molar-refractivity contribution in [3.8, 4) is 0 Å². The topological polar surface area (TPSA) is 27.3 Å². The van der Waals surface area contributed by atoms with Gasteiger partial charge in [-0.1, -0.05) is 6.92 Å². The first kappa shape index (κ1) is 11.4. The smallest absolute Gasteiger partial charge is 0.0107 e. The first-order chi connectivity index (χ1) is 7.40. The lowest BCUT2D eigenvalue weighted by Gasteiger charge is -2.37. The summed E-state index contributed by atoms with van der Waals surface area (Å²) in [6, 6.07) is 0.772. The van der Waals surface area contributed by atoms with Gasteiger partial charge in [0.15, 0.2) is 0 Å². The molecule has 3 heteroatoms. The van der Waals surface area contributed by atoms with Gasteiger partial charge in [-0.3, -0.25) is 0 Å². The zero-order valence-electron chi connectivity index (χ0n) is 9.97. The monoisotopic (exact) mass is 211 g/mol. The first-order valence-corrected chi connectivity index (χ1v) is 6.56. The van der Waals surface area contributed by atoms with Crippen molar-refractivity contribution in [3.05, 3.63) is 0 Å². The van der Waals surface area contributed by atoms with Crippen molar-refractivity contribution in [1.29, 1.82) is 0 Å². The van der Waals surface area contributed by atoms with Gasteiger partial charge in [0, 0.05) is 38.8 Å². The maximum absolute atomic E-state index is 3.67. The number of nitrogens with one attached hydrogen (secondary N) is 2. The summed E-state index contributed by atoms with van der Waals surface area (Å²) in [5, 5.41) is 7.09. The Balaban J connectivity index is 1.79. The number of rotatable bonds is 3. The van der Waals surface area contributed by atoms with E-state index in [-0.39, 0.29) is 0 Å². The maximum atomic E-state index is 3.67. The molecule has 0 spiro atoms. The van der Waals surface area contributed by atoms with E-state index in [2.05, 4.69) is 22.5 Å². The lowest BCUT2D eigenvalue weighted by atomic mass is 9.88. The highest BCUT2D eigenvalue weighted by Gasteiger charge is 2.25. The fourth-order valence-corrected chi connectivity index (χ4v) is 2.94. The van der Waals surface area contributed by atoms with Gasteiger partial charge in [-0.05, 0) is 31.7 Å². The fraction of sp³-hybridized carbons (Fsp3) is 1.00. The second kappa shape index (κ2) is 5.83. The predicted molar refractivity (Wildman–Crippen MR) is 64.1 cm³/mol. The van der Waals surface area contributed by atoms with Crippen LogP contribution in [0.25, 0.3) is 0 Å². The summed E-state index contributed by atoms with van der Waals surface area (Å²) in [6.07, 6.45) is 4.08. The molecule has 2 rings (SSSR count). The van der Waals surface area contributed by atoms with E-state index < -0.39 is 0 Å². The fourth-order valence-electron chi connectivity index (χ4n) is 2.94. The van der Waals surface area contributed by atoms with Crippen molar-refractivity contribution in [1.82, 2.24) is 15.5 Å². The molecule has 2 heterocycles. The average Bonchev–Trinajstić information content (AvgIpc) is 2.31. The highest BCUT2D eigenvalue weighted by atomic mass is 15.2. The molecule has 2 aliphatic rings. The molecule has 0 radical (unpaired) electrons. The third kappa shape index (κ3) is 3.16. The molecule has 0 aromatic heterocycles. The van der Waals surface area contributed by atoms with Crippen molar-refractivity contribution >= 4 is 0 Å². The minimum absolute atomic E-state index is 0.772. The molecular weight excluding hydrogens is 186 g/mol. The highest BCUT2D eigenvalue weighted by molar-refractivity contribution is 4.83. The standard InChI is InChI=1S/C12H25N3/c1-2-12-11(4-3-5-14-12)10-15-8-6-13-7-9-15/h11-14H,2-10H2,1H3/t11-,12-/m0/s1. The van der Waals surface area contributed by atoms with Gasteiger partial charge in [-0.15, -0.1) is 0 Å². The van der Waals surface area contributed by atoms with Gasteiger partial charge >= 0.3 is 0 Å². The molecule has 0 bridgehead atoms. The second-order valence-corrected chi connectivity index (χ2v) is 4.92. The quantitative estimate of drug-likeness (QED) is 0.718. The lowest BCUT2D eigenvalue weighted by molar-refractivity contribution is 0.158. The van der Waals surface area contributed by atoms with Crippen molar-refractivity contribution in [2.75, 3.05) is 39.3 Å². The molecule has 0 unspecified atom stereocenters. The molecule has 2 saturated heterocycles. The highest BCUT2D eigenvalue weighted by Crippen LogP contribution is 2.20. The van der Waals surface area contributed by atoms with Gasteiger partial charge in [0.2, 0.25) is 0 Å². The molecule has 88 valence electrons. The third-order valence-electron chi connectivity index (χ3n) is 3.87. The molecule has 2 aliphatic heterocycles. The Kier molecular flexibility index (Phi) is 4.42. The van der Waals surface area contributed by atoms with Crippen molar-refractivity contribution in [3.63, 3.8) is 0 Å². The largest absolute Gasteiger partial charge is 0.314 e. The Morgan fingerprint density at radius 1 is 1.20 bits per heavy atom. The molecule has 0 amide bonds. The lowest BCUT2D eigenvalue weighted by Crippen LogP contribution is -2.50. The zero-order valence-corrected chi connectivity index (χ0v) is 9.97. The van der Waals surface area contributed by atoms with Crippen LogP contribution >= 0.6 is 0 Å². The minimum atomic E-state index is 0.772. The molecule has 2 atom stereocenters. The van der Waals surface area contributed by atoms with E-state index in [4.69, 9.17) is 0 Å². The number of hydrogen-bond donors (Lipinski definition) is 2. The summed E-state index contributed by atoms with van der Waals surface area (Å²) in [5.41, 5.74) is 0. The summed E-state index contributed by atoms with van der Waals surface area (Å²) in [5.74, 6) is 0.891. The average molecular weight is 211 g/mol. The van der Waals surface area contributed by atoms with Crippen LogP contribution < -0.4 is 10.6 Å². The third-order valence-corrected chi connectivity index (χ3v) is 3.87. The van der Waals surface area contributed by atoms with E-state index in [1.54, 1.807) is 0 Å². The Morgan fingerprint density at radius 3 is 2.73 bits per heavy atom. The van der Waals surface area contributed by atoms with E-state index in [0.717, 1.165) is 12.0 Å². The second-order valence-electron chi connectivity index (χ2n) is 4.92. The normalized spacial score (nSPS) is 34.2. The first-order valence-electron chi connectivity index (χ1n) is 6.56. The summed E-state index contributed by atoms with van der Waals surface area (Å²) in [6.45, 7) is 9.70. The van der Waals surface area contributed by atoms with E-state index in [1.165, 1.54) is 58.5 Å². The van der Waals surface area contributed by atoms with Gasteiger partial charge in [0.05, 0.1) is 0 Å². The Hall–Kier alpha value is -0.120. The summed E-state index contributed by atoms with van der Waals surface area (Å²) in [4.78, 5) is 2.64. The van der Waals surface area contributed by atoms with Gasteiger partial charge in [0.25, 0.3) is 0 Å². The van der Waals surface area contributed by atoms with Crippen LogP contribution in [0.5, 0.6) is 0 Å².